The highest BCUT2D eigenvalue weighted by molar-refractivity contribution is 7.11. The molecular weight excluding hydrogens is 300 g/mol. The molecule has 0 unspecified atom stereocenters. The standard InChI is InChI=1S/C15H18N4O2S/c20-15(21)14-9-7-19(6-5-10(9)17-18-14)8-13-16-11-3-1-2-4-12(11)22-13/h1-8H2,(H,17,18)(H,20,21). The maximum Gasteiger partial charge on any atom is 0.356 e. The predicted molar refractivity (Wildman–Crippen MR) is 82.1 cm³/mol. The molecule has 1 aliphatic heterocycles. The fourth-order valence-corrected chi connectivity index (χ4v) is 4.53. The Hall–Kier alpha value is -1.73. The molecule has 0 bridgehead atoms. The minimum absolute atomic E-state index is 0.165. The van der Waals surface area contributed by atoms with Crippen LogP contribution < -0.4 is 0 Å². The van der Waals surface area contributed by atoms with Gasteiger partial charge in [-0.05, 0) is 25.7 Å². The van der Waals surface area contributed by atoms with Gasteiger partial charge in [-0.3, -0.25) is 10.00 Å². The molecule has 0 atom stereocenters. The van der Waals surface area contributed by atoms with Crippen LogP contribution in [0.3, 0.4) is 0 Å². The van der Waals surface area contributed by atoms with Gasteiger partial charge in [-0.2, -0.15) is 5.10 Å². The van der Waals surface area contributed by atoms with Crippen LogP contribution in [0.2, 0.25) is 0 Å². The van der Waals surface area contributed by atoms with Gasteiger partial charge in [-0.25, -0.2) is 9.78 Å². The number of fused-ring (bicyclic) bond motifs is 2. The fraction of sp³-hybridized carbons (Fsp3) is 0.533. The van der Waals surface area contributed by atoms with E-state index >= 15 is 0 Å². The van der Waals surface area contributed by atoms with Gasteiger partial charge >= 0.3 is 5.97 Å². The zero-order valence-electron chi connectivity index (χ0n) is 12.3. The maximum atomic E-state index is 11.2. The molecule has 7 heteroatoms. The number of aromatic nitrogens is 3. The van der Waals surface area contributed by atoms with Gasteiger partial charge in [0.15, 0.2) is 5.69 Å². The van der Waals surface area contributed by atoms with Crippen LogP contribution in [-0.2, 0) is 32.4 Å². The summed E-state index contributed by atoms with van der Waals surface area (Å²) in [6.45, 7) is 2.36. The van der Waals surface area contributed by atoms with E-state index in [2.05, 4.69) is 15.1 Å². The quantitative estimate of drug-likeness (QED) is 0.904. The van der Waals surface area contributed by atoms with Gasteiger partial charge in [0.05, 0.1) is 12.2 Å². The number of nitrogens with zero attached hydrogens (tertiary/aromatic N) is 3. The Bertz CT molecular complexity index is 698. The first kappa shape index (κ1) is 13.9. The summed E-state index contributed by atoms with van der Waals surface area (Å²) in [6, 6.07) is 0. The molecule has 1 aliphatic carbocycles. The van der Waals surface area contributed by atoms with E-state index in [1.165, 1.54) is 29.8 Å². The maximum absolute atomic E-state index is 11.2. The highest BCUT2D eigenvalue weighted by atomic mass is 32.1. The number of carboxylic acids is 1. The second kappa shape index (κ2) is 5.48. The Labute approximate surface area is 132 Å². The summed E-state index contributed by atoms with van der Waals surface area (Å²) < 4.78 is 0. The van der Waals surface area contributed by atoms with Crippen molar-refractivity contribution in [1.82, 2.24) is 20.1 Å². The third kappa shape index (κ3) is 2.44. The van der Waals surface area contributed by atoms with Gasteiger partial charge in [-0.15, -0.1) is 11.3 Å². The third-order valence-corrected chi connectivity index (χ3v) is 5.61. The Balaban J connectivity index is 1.51. The molecule has 6 nitrogen and oxygen atoms in total. The summed E-state index contributed by atoms with van der Waals surface area (Å²) in [5.41, 5.74) is 3.25. The minimum atomic E-state index is -0.955. The van der Waals surface area contributed by atoms with Gasteiger partial charge < -0.3 is 5.11 Å². The van der Waals surface area contributed by atoms with E-state index in [0.29, 0.717) is 6.54 Å². The lowest BCUT2D eigenvalue weighted by Crippen LogP contribution is -2.30. The molecule has 2 N–H and O–H groups in total. The van der Waals surface area contributed by atoms with Crippen molar-refractivity contribution in [1.29, 1.82) is 0 Å². The highest BCUT2D eigenvalue weighted by Crippen LogP contribution is 2.28. The molecule has 0 radical (unpaired) electrons. The SMILES string of the molecule is O=C(O)c1n[nH]c2c1CN(Cc1nc3c(s1)CCCC3)CC2. The lowest BCUT2D eigenvalue weighted by molar-refractivity contribution is 0.0687. The van der Waals surface area contributed by atoms with Gasteiger partial charge in [0.25, 0.3) is 0 Å². The number of H-pyrrole nitrogens is 1. The zero-order valence-corrected chi connectivity index (χ0v) is 13.1. The first-order chi connectivity index (χ1) is 10.7. The van der Waals surface area contributed by atoms with Crippen LogP contribution in [0, 0.1) is 0 Å². The summed E-state index contributed by atoms with van der Waals surface area (Å²) in [5.74, 6) is -0.955. The molecule has 2 aliphatic rings. The van der Waals surface area contributed by atoms with Crippen LogP contribution in [0.25, 0.3) is 0 Å². The zero-order chi connectivity index (χ0) is 15.1. The monoisotopic (exact) mass is 318 g/mol. The summed E-state index contributed by atoms with van der Waals surface area (Å²) in [5, 5.41) is 17.2. The van der Waals surface area contributed by atoms with Crippen molar-refractivity contribution < 1.29 is 9.90 Å². The van der Waals surface area contributed by atoms with E-state index in [0.717, 1.165) is 42.2 Å². The van der Waals surface area contributed by atoms with Crippen LogP contribution in [0.1, 0.15) is 50.2 Å². The first-order valence-electron chi connectivity index (χ1n) is 7.70. The largest absolute Gasteiger partial charge is 0.476 e. The average molecular weight is 318 g/mol. The molecular formula is C15H18N4O2S. The van der Waals surface area contributed by atoms with Gasteiger partial charge in [0, 0.05) is 35.6 Å². The lowest BCUT2D eigenvalue weighted by Gasteiger charge is -2.25. The first-order valence-corrected chi connectivity index (χ1v) is 8.51. The van der Waals surface area contributed by atoms with Crippen molar-refractivity contribution >= 4 is 17.3 Å². The normalized spacial score (nSPS) is 18.0. The van der Waals surface area contributed by atoms with E-state index in [1.807, 2.05) is 11.3 Å². The predicted octanol–water partition coefficient (Wildman–Crippen LogP) is 2.00. The molecule has 0 fully saturated rings. The number of thiazole rings is 1. The number of nitrogens with one attached hydrogen (secondary N) is 1. The van der Waals surface area contributed by atoms with Crippen LogP contribution in [0.4, 0.5) is 0 Å². The van der Waals surface area contributed by atoms with Crippen molar-refractivity contribution in [2.24, 2.45) is 0 Å². The molecule has 0 saturated heterocycles. The van der Waals surface area contributed by atoms with E-state index < -0.39 is 5.97 Å². The molecule has 2 aromatic rings. The number of aromatic carboxylic acids is 1. The molecule has 4 rings (SSSR count). The molecule has 0 spiro atoms. The number of aryl methyl sites for hydroxylation is 2. The topological polar surface area (TPSA) is 82.1 Å². The van der Waals surface area contributed by atoms with Crippen LogP contribution >= 0.6 is 11.3 Å². The van der Waals surface area contributed by atoms with Gasteiger partial charge in [-0.1, -0.05) is 0 Å². The van der Waals surface area contributed by atoms with Crippen LogP contribution in [-0.4, -0.2) is 37.7 Å². The van der Waals surface area contributed by atoms with E-state index in [-0.39, 0.29) is 5.69 Å². The number of rotatable bonds is 3. The number of carboxylic acid groups (broad SMARTS) is 1. The van der Waals surface area contributed by atoms with Crippen molar-refractivity contribution in [3.63, 3.8) is 0 Å². The van der Waals surface area contributed by atoms with Crippen molar-refractivity contribution in [3.8, 4) is 0 Å². The second-order valence-electron chi connectivity index (χ2n) is 5.98. The molecule has 0 amide bonds. The molecule has 0 saturated carbocycles. The Morgan fingerprint density at radius 2 is 2.18 bits per heavy atom. The van der Waals surface area contributed by atoms with Crippen molar-refractivity contribution in [2.75, 3.05) is 6.54 Å². The number of hydrogen-bond acceptors (Lipinski definition) is 5. The summed E-state index contributed by atoms with van der Waals surface area (Å²) in [6.07, 6.45) is 5.63. The Morgan fingerprint density at radius 3 is 3.00 bits per heavy atom. The van der Waals surface area contributed by atoms with Crippen molar-refractivity contribution in [3.05, 3.63) is 32.5 Å². The molecule has 0 aromatic carbocycles. The van der Waals surface area contributed by atoms with Gasteiger partial charge in [0.1, 0.15) is 5.01 Å². The lowest BCUT2D eigenvalue weighted by atomic mass is 10.0. The second-order valence-corrected chi connectivity index (χ2v) is 7.15. The van der Waals surface area contributed by atoms with Crippen LogP contribution in [0.15, 0.2) is 0 Å². The van der Waals surface area contributed by atoms with Crippen LogP contribution in [0.5, 0.6) is 0 Å². The molecule has 22 heavy (non-hydrogen) atoms. The smallest absolute Gasteiger partial charge is 0.356 e. The number of aromatic amines is 1. The third-order valence-electron chi connectivity index (χ3n) is 4.46. The fourth-order valence-electron chi connectivity index (χ4n) is 3.33. The summed E-state index contributed by atoms with van der Waals surface area (Å²) >= 11 is 1.83. The average Bonchev–Trinajstić information content (AvgIpc) is 3.09. The summed E-state index contributed by atoms with van der Waals surface area (Å²) in [7, 11) is 0. The number of carbonyl (C=O) groups is 1. The molecule has 116 valence electrons. The van der Waals surface area contributed by atoms with E-state index in [1.54, 1.807) is 0 Å². The van der Waals surface area contributed by atoms with Gasteiger partial charge in [0.2, 0.25) is 0 Å². The Morgan fingerprint density at radius 1 is 1.32 bits per heavy atom. The Kier molecular flexibility index (Phi) is 3.46. The number of hydrogen-bond donors (Lipinski definition) is 2. The molecule has 3 heterocycles. The van der Waals surface area contributed by atoms with E-state index in [9.17, 15) is 9.90 Å². The van der Waals surface area contributed by atoms with Crippen molar-refractivity contribution in [2.45, 2.75) is 45.2 Å². The highest BCUT2D eigenvalue weighted by Gasteiger charge is 2.26. The summed E-state index contributed by atoms with van der Waals surface area (Å²) in [4.78, 5) is 19.7. The minimum Gasteiger partial charge on any atom is -0.476 e. The molecule has 2 aromatic heterocycles. The van der Waals surface area contributed by atoms with E-state index in [4.69, 9.17) is 4.98 Å².